The second-order valence-corrected chi connectivity index (χ2v) is 4.29. The summed E-state index contributed by atoms with van der Waals surface area (Å²) in [6, 6.07) is 3.64. The van der Waals surface area contributed by atoms with Crippen molar-refractivity contribution >= 4 is 11.6 Å². The highest BCUT2D eigenvalue weighted by Crippen LogP contribution is 2.26. The van der Waals surface area contributed by atoms with E-state index in [1.54, 1.807) is 6.07 Å². The lowest BCUT2D eigenvalue weighted by Crippen LogP contribution is -2.23. The summed E-state index contributed by atoms with van der Waals surface area (Å²) >= 11 is 0. The van der Waals surface area contributed by atoms with Crippen LogP contribution < -0.4 is 11.1 Å². The predicted molar refractivity (Wildman–Crippen MR) is 71.6 cm³/mol. The van der Waals surface area contributed by atoms with E-state index in [-0.39, 0.29) is 11.7 Å². The molecule has 1 amide bonds. The number of rotatable bonds is 3. The van der Waals surface area contributed by atoms with Gasteiger partial charge in [0.2, 0.25) is 0 Å². The smallest absolute Gasteiger partial charge is 0.292 e. The lowest BCUT2D eigenvalue weighted by atomic mass is 10.0. The Morgan fingerprint density at radius 2 is 2.16 bits per heavy atom. The van der Waals surface area contributed by atoms with Crippen molar-refractivity contribution in [3.63, 3.8) is 0 Å². The molecule has 1 heterocycles. The van der Waals surface area contributed by atoms with Crippen LogP contribution in [-0.4, -0.2) is 22.6 Å². The molecule has 0 spiro atoms. The molecule has 2 rings (SSSR count). The highest BCUT2D eigenvalue weighted by Gasteiger charge is 2.17. The number of carbonyl (C=O) groups is 1. The van der Waals surface area contributed by atoms with Gasteiger partial charge in [-0.2, -0.15) is 4.98 Å². The molecular weight excluding hydrogens is 244 g/mol. The van der Waals surface area contributed by atoms with Crippen molar-refractivity contribution in [1.82, 2.24) is 15.5 Å². The Kier molecular flexibility index (Phi) is 3.50. The van der Waals surface area contributed by atoms with E-state index in [0.717, 1.165) is 16.7 Å². The molecule has 3 N–H and O–H groups in total. The first-order valence-corrected chi connectivity index (χ1v) is 6.02. The molecule has 19 heavy (non-hydrogen) atoms. The first kappa shape index (κ1) is 13.1. The van der Waals surface area contributed by atoms with Gasteiger partial charge in [0.05, 0.1) is 0 Å². The fourth-order valence-electron chi connectivity index (χ4n) is 1.77. The topological polar surface area (TPSA) is 94.0 Å². The van der Waals surface area contributed by atoms with E-state index >= 15 is 0 Å². The molecule has 0 unspecified atom stereocenters. The Morgan fingerprint density at radius 3 is 2.84 bits per heavy atom. The molecule has 0 fully saturated rings. The molecule has 1 aromatic heterocycles. The Balaban J connectivity index is 2.41. The molecule has 0 aliphatic carbocycles. The summed E-state index contributed by atoms with van der Waals surface area (Å²) in [7, 11) is 0. The summed E-state index contributed by atoms with van der Waals surface area (Å²) in [6.07, 6.45) is 0. The fourth-order valence-corrected chi connectivity index (χ4v) is 1.77. The van der Waals surface area contributed by atoms with Gasteiger partial charge in [-0.05, 0) is 44.0 Å². The molecule has 1 aromatic carbocycles. The minimum absolute atomic E-state index is 0.0244. The molecule has 2 aromatic rings. The third-order valence-corrected chi connectivity index (χ3v) is 2.89. The van der Waals surface area contributed by atoms with Crippen LogP contribution in [0.5, 0.6) is 0 Å². The number of hydrogen-bond acceptors (Lipinski definition) is 5. The third-order valence-electron chi connectivity index (χ3n) is 2.89. The maximum absolute atomic E-state index is 11.6. The zero-order valence-corrected chi connectivity index (χ0v) is 11.2. The van der Waals surface area contributed by atoms with Crippen LogP contribution in [0.4, 0.5) is 5.69 Å². The monoisotopic (exact) mass is 260 g/mol. The first-order valence-electron chi connectivity index (χ1n) is 6.02. The van der Waals surface area contributed by atoms with Crippen molar-refractivity contribution < 1.29 is 9.32 Å². The number of benzene rings is 1. The molecule has 0 atom stereocenters. The van der Waals surface area contributed by atoms with Gasteiger partial charge in [-0.25, -0.2) is 0 Å². The van der Waals surface area contributed by atoms with Gasteiger partial charge in [0.1, 0.15) is 0 Å². The van der Waals surface area contributed by atoms with Gasteiger partial charge in [0.15, 0.2) is 0 Å². The molecule has 6 nitrogen and oxygen atoms in total. The van der Waals surface area contributed by atoms with Gasteiger partial charge in [0, 0.05) is 17.8 Å². The number of aryl methyl sites for hydroxylation is 1. The van der Waals surface area contributed by atoms with Crippen molar-refractivity contribution in [2.24, 2.45) is 0 Å². The van der Waals surface area contributed by atoms with Gasteiger partial charge in [-0.15, -0.1) is 0 Å². The van der Waals surface area contributed by atoms with Gasteiger partial charge in [-0.1, -0.05) is 5.16 Å². The molecule has 0 aliphatic rings. The van der Waals surface area contributed by atoms with Crippen molar-refractivity contribution in [2.45, 2.75) is 20.8 Å². The maximum Gasteiger partial charge on any atom is 0.292 e. The van der Waals surface area contributed by atoms with Crippen LogP contribution in [0.15, 0.2) is 16.7 Å². The summed E-state index contributed by atoms with van der Waals surface area (Å²) < 4.78 is 5.13. The van der Waals surface area contributed by atoms with Crippen molar-refractivity contribution in [3.05, 3.63) is 29.1 Å². The van der Waals surface area contributed by atoms with E-state index in [1.165, 1.54) is 0 Å². The number of nitrogen functional groups attached to an aromatic ring is 1. The zero-order chi connectivity index (χ0) is 14.0. The van der Waals surface area contributed by atoms with E-state index in [4.69, 9.17) is 10.3 Å². The molecule has 6 heteroatoms. The number of aromatic nitrogens is 2. The lowest BCUT2D eigenvalue weighted by Gasteiger charge is -2.06. The summed E-state index contributed by atoms with van der Waals surface area (Å²) in [5, 5.41) is 6.29. The molecule has 0 saturated carbocycles. The summed E-state index contributed by atoms with van der Waals surface area (Å²) in [6.45, 7) is 6.24. The van der Waals surface area contributed by atoms with E-state index in [2.05, 4.69) is 15.5 Å². The maximum atomic E-state index is 11.6. The lowest BCUT2D eigenvalue weighted by molar-refractivity contribution is 0.0942. The average Bonchev–Trinajstić information content (AvgIpc) is 2.83. The minimum Gasteiger partial charge on any atom is -0.399 e. The van der Waals surface area contributed by atoms with Gasteiger partial charge < -0.3 is 15.6 Å². The molecule has 100 valence electrons. The van der Waals surface area contributed by atoms with Crippen molar-refractivity contribution in [3.8, 4) is 11.5 Å². The highest BCUT2D eigenvalue weighted by atomic mass is 16.5. The van der Waals surface area contributed by atoms with Gasteiger partial charge in [-0.3, -0.25) is 4.79 Å². The second-order valence-electron chi connectivity index (χ2n) is 4.29. The van der Waals surface area contributed by atoms with Crippen LogP contribution in [-0.2, 0) is 0 Å². The van der Waals surface area contributed by atoms with Crippen LogP contribution >= 0.6 is 0 Å². The molecule has 0 radical (unpaired) electrons. The number of hydrogen-bond donors (Lipinski definition) is 2. The van der Waals surface area contributed by atoms with Crippen LogP contribution in [0, 0.1) is 13.8 Å². The zero-order valence-electron chi connectivity index (χ0n) is 11.2. The second kappa shape index (κ2) is 5.09. The van der Waals surface area contributed by atoms with Crippen molar-refractivity contribution in [1.29, 1.82) is 0 Å². The van der Waals surface area contributed by atoms with E-state index < -0.39 is 0 Å². The summed E-state index contributed by atoms with van der Waals surface area (Å²) in [5.74, 6) is -0.0266. The third kappa shape index (κ3) is 2.57. The number of nitrogens with one attached hydrogen (secondary N) is 1. The minimum atomic E-state index is -0.351. The van der Waals surface area contributed by atoms with E-state index in [0.29, 0.717) is 18.1 Å². The quantitative estimate of drug-likeness (QED) is 0.819. The van der Waals surface area contributed by atoms with E-state index in [9.17, 15) is 4.79 Å². The van der Waals surface area contributed by atoms with Crippen LogP contribution in [0.3, 0.4) is 0 Å². The summed E-state index contributed by atoms with van der Waals surface area (Å²) in [4.78, 5) is 15.7. The molecule has 0 bridgehead atoms. The standard InChI is InChI=1S/C13H16N4O2/c1-4-15-12(18)11-16-13(19-17-11)10-6-9(14)5-7(2)8(10)3/h5-6H,4,14H2,1-3H3,(H,15,18). The molecule has 0 aliphatic heterocycles. The Labute approximate surface area is 111 Å². The number of nitrogens with two attached hydrogens (primary N) is 1. The highest BCUT2D eigenvalue weighted by molar-refractivity contribution is 5.90. The number of carbonyl (C=O) groups excluding carboxylic acids is 1. The van der Waals surface area contributed by atoms with Crippen LogP contribution in [0.1, 0.15) is 28.7 Å². The average molecular weight is 260 g/mol. The van der Waals surface area contributed by atoms with Gasteiger partial charge in [0.25, 0.3) is 17.6 Å². The van der Waals surface area contributed by atoms with Gasteiger partial charge >= 0.3 is 0 Å². The normalized spacial score (nSPS) is 10.5. The number of anilines is 1. The summed E-state index contributed by atoms with van der Waals surface area (Å²) in [5.41, 5.74) is 9.22. The first-order chi connectivity index (χ1) is 9.02. The predicted octanol–water partition coefficient (Wildman–Crippen LogP) is 1.69. The van der Waals surface area contributed by atoms with E-state index in [1.807, 2.05) is 26.8 Å². The Morgan fingerprint density at radius 1 is 1.42 bits per heavy atom. The molecular formula is C13H16N4O2. The fraction of sp³-hybridized carbons (Fsp3) is 0.308. The number of amides is 1. The largest absolute Gasteiger partial charge is 0.399 e. The molecule has 0 saturated heterocycles. The van der Waals surface area contributed by atoms with Crippen LogP contribution in [0.2, 0.25) is 0 Å². The van der Waals surface area contributed by atoms with Crippen molar-refractivity contribution in [2.75, 3.05) is 12.3 Å². The Bertz CT molecular complexity index is 619. The van der Waals surface area contributed by atoms with Crippen LogP contribution in [0.25, 0.3) is 11.5 Å². The SMILES string of the molecule is CCNC(=O)c1noc(-c2cc(N)cc(C)c2C)n1. The number of nitrogens with zero attached hydrogens (tertiary/aromatic N) is 2. The Hall–Kier alpha value is -2.37.